The lowest BCUT2D eigenvalue weighted by molar-refractivity contribution is 0.316. The fraction of sp³-hybridized carbons (Fsp3) is 0.316. The second-order valence-corrected chi connectivity index (χ2v) is 7.49. The summed E-state index contributed by atoms with van der Waals surface area (Å²) in [5.74, 6) is 1.48. The maximum Gasteiger partial charge on any atom is 0.297 e. The van der Waals surface area contributed by atoms with Crippen molar-refractivity contribution in [2.75, 3.05) is 26.9 Å². The van der Waals surface area contributed by atoms with E-state index in [-0.39, 0.29) is 18.0 Å². The third-order valence-electron chi connectivity index (χ3n) is 4.04. The molecule has 1 aliphatic rings. The zero-order valence-corrected chi connectivity index (χ0v) is 15.6. The van der Waals surface area contributed by atoms with Gasteiger partial charge in [-0.25, -0.2) is 0 Å². The third kappa shape index (κ3) is 4.23. The van der Waals surface area contributed by atoms with Crippen molar-refractivity contribution in [3.05, 3.63) is 53.6 Å². The molecule has 6 nitrogen and oxygen atoms in total. The molecule has 138 valence electrons. The highest BCUT2D eigenvalue weighted by atomic mass is 32.2. The predicted molar refractivity (Wildman–Crippen MR) is 98.8 cm³/mol. The van der Waals surface area contributed by atoms with Crippen molar-refractivity contribution >= 4 is 15.8 Å². The van der Waals surface area contributed by atoms with Gasteiger partial charge in [-0.05, 0) is 37.3 Å². The summed E-state index contributed by atoms with van der Waals surface area (Å²) in [6.07, 6.45) is 0.658. The lowest BCUT2D eigenvalue weighted by atomic mass is 10.0. The minimum absolute atomic E-state index is 0.0140. The van der Waals surface area contributed by atoms with Crippen LogP contribution in [0.25, 0.3) is 0 Å². The van der Waals surface area contributed by atoms with Crippen LogP contribution in [0.1, 0.15) is 17.5 Å². The molecule has 1 heterocycles. The maximum atomic E-state index is 12.2. The van der Waals surface area contributed by atoms with Crippen LogP contribution in [0.4, 0.5) is 0 Å². The van der Waals surface area contributed by atoms with Crippen molar-refractivity contribution in [3.63, 3.8) is 0 Å². The third-order valence-corrected chi connectivity index (χ3v) is 5.36. The number of rotatable bonds is 6. The van der Waals surface area contributed by atoms with E-state index in [4.69, 9.17) is 13.7 Å². The number of ether oxygens (including phenoxy) is 2. The van der Waals surface area contributed by atoms with Crippen LogP contribution in [0.3, 0.4) is 0 Å². The van der Waals surface area contributed by atoms with E-state index < -0.39 is 10.1 Å². The monoisotopic (exact) mass is 375 g/mol. The molecule has 0 atom stereocenters. The van der Waals surface area contributed by atoms with Crippen LogP contribution < -0.4 is 9.47 Å². The Morgan fingerprint density at radius 3 is 2.65 bits per heavy atom. The van der Waals surface area contributed by atoms with Gasteiger partial charge in [0, 0.05) is 17.7 Å². The Balaban J connectivity index is 1.65. The molecular weight excluding hydrogens is 354 g/mol. The normalized spacial score (nSPS) is 15.4. The number of benzene rings is 2. The Kier molecular flexibility index (Phi) is 5.58. The number of methoxy groups -OCH3 is 1. The topological polar surface area (TPSA) is 74.2 Å². The molecule has 0 fully saturated rings. The molecule has 0 aromatic heterocycles. The van der Waals surface area contributed by atoms with Crippen LogP contribution >= 0.6 is 0 Å². The van der Waals surface area contributed by atoms with Gasteiger partial charge >= 0.3 is 0 Å². The van der Waals surface area contributed by atoms with E-state index in [0.717, 1.165) is 28.3 Å². The van der Waals surface area contributed by atoms with Gasteiger partial charge in [0.2, 0.25) is 0 Å². The molecule has 3 rings (SSSR count). The summed E-state index contributed by atoms with van der Waals surface area (Å²) in [5, 5.41) is 0. The first-order chi connectivity index (χ1) is 12.5. The van der Waals surface area contributed by atoms with Gasteiger partial charge in [0.15, 0.2) is 0 Å². The fourth-order valence-electron chi connectivity index (χ4n) is 2.64. The first-order valence-corrected chi connectivity index (χ1v) is 9.71. The van der Waals surface area contributed by atoms with Crippen LogP contribution in [0.15, 0.2) is 52.4 Å². The molecule has 0 saturated heterocycles. The van der Waals surface area contributed by atoms with Crippen LogP contribution in [-0.2, 0) is 14.3 Å². The molecule has 0 bridgehead atoms. The lowest BCUT2D eigenvalue weighted by Crippen LogP contribution is -2.17. The van der Waals surface area contributed by atoms with E-state index in [2.05, 4.69) is 4.99 Å². The molecular formula is C19H21NO5S. The van der Waals surface area contributed by atoms with Crippen molar-refractivity contribution < 1.29 is 22.1 Å². The Morgan fingerprint density at radius 2 is 1.92 bits per heavy atom. The molecule has 26 heavy (non-hydrogen) atoms. The summed E-state index contributed by atoms with van der Waals surface area (Å²) in [5.41, 5.74) is 2.72. The number of hydrogen-bond acceptors (Lipinski definition) is 6. The number of nitrogens with zero attached hydrogens (tertiary/aromatic N) is 1. The molecule has 0 N–H and O–H groups in total. The van der Waals surface area contributed by atoms with Crippen LogP contribution in [0.2, 0.25) is 0 Å². The first-order valence-electron chi connectivity index (χ1n) is 8.30. The van der Waals surface area contributed by atoms with Crippen molar-refractivity contribution in [2.45, 2.75) is 18.2 Å². The molecule has 2 aromatic rings. The standard InChI is InChI=1S/C19H21NO5S/c1-14-3-6-16(7-4-14)26(21,22)25-12-10-20-18-9-11-24-19-8-5-15(23-2)13-17(18)19/h3-8,13H,9-12H2,1-2H3. The van der Waals surface area contributed by atoms with Gasteiger partial charge in [-0.1, -0.05) is 17.7 Å². The minimum Gasteiger partial charge on any atom is -0.497 e. The lowest BCUT2D eigenvalue weighted by Gasteiger charge is -2.19. The average Bonchev–Trinajstić information content (AvgIpc) is 2.65. The van der Waals surface area contributed by atoms with Gasteiger partial charge < -0.3 is 9.47 Å². The van der Waals surface area contributed by atoms with E-state index >= 15 is 0 Å². The molecule has 7 heteroatoms. The quantitative estimate of drug-likeness (QED) is 0.573. The highest BCUT2D eigenvalue weighted by Crippen LogP contribution is 2.29. The second-order valence-electron chi connectivity index (χ2n) is 5.88. The minimum atomic E-state index is -3.77. The largest absolute Gasteiger partial charge is 0.497 e. The highest BCUT2D eigenvalue weighted by Gasteiger charge is 2.18. The van der Waals surface area contributed by atoms with Crippen LogP contribution in [0.5, 0.6) is 11.5 Å². The average molecular weight is 375 g/mol. The van der Waals surface area contributed by atoms with Gasteiger partial charge in [-0.2, -0.15) is 8.42 Å². The van der Waals surface area contributed by atoms with Gasteiger partial charge in [-0.3, -0.25) is 9.18 Å². The van der Waals surface area contributed by atoms with Crippen molar-refractivity contribution in [1.29, 1.82) is 0 Å². The van der Waals surface area contributed by atoms with Gasteiger partial charge in [-0.15, -0.1) is 0 Å². The fourth-order valence-corrected chi connectivity index (χ4v) is 3.54. The van der Waals surface area contributed by atoms with E-state index in [1.54, 1.807) is 19.2 Å². The van der Waals surface area contributed by atoms with Crippen molar-refractivity contribution in [2.24, 2.45) is 4.99 Å². The Morgan fingerprint density at radius 1 is 1.15 bits per heavy atom. The smallest absolute Gasteiger partial charge is 0.297 e. The summed E-state index contributed by atoms with van der Waals surface area (Å²) in [7, 11) is -2.16. The van der Waals surface area contributed by atoms with Crippen LogP contribution in [0, 0.1) is 6.92 Å². The van der Waals surface area contributed by atoms with Gasteiger partial charge in [0.05, 0.1) is 31.8 Å². The number of aliphatic imine (C=N–C) groups is 1. The summed E-state index contributed by atoms with van der Waals surface area (Å²) in [6.45, 7) is 2.67. The van der Waals surface area contributed by atoms with Crippen molar-refractivity contribution in [3.8, 4) is 11.5 Å². The molecule has 0 amide bonds. The van der Waals surface area contributed by atoms with E-state index in [1.165, 1.54) is 12.1 Å². The van der Waals surface area contributed by atoms with E-state index in [0.29, 0.717) is 13.0 Å². The number of aryl methyl sites for hydroxylation is 1. The Labute approximate surface area is 153 Å². The SMILES string of the molecule is COc1ccc2c(c1)C(=NCCOS(=O)(=O)c1ccc(C)cc1)CCO2. The summed E-state index contributed by atoms with van der Waals surface area (Å²) >= 11 is 0. The number of hydrogen-bond donors (Lipinski definition) is 0. The molecule has 0 aliphatic carbocycles. The summed E-state index contributed by atoms with van der Waals surface area (Å²) in [4.78, 5) is 4.65. The van der Waals surface area contributed by atoms with Crippen molar-refractivity contribution in [1.82, 2.24) is 0 Å². The van der Waals surface area contributed by atoms with E-state index in [9.17, 15) is 8.42 Å². The number of fused-ring (bicyclic) bond motifs is 1. The molecule has 0 spiro atoms. The summed E-state index contributed by atoms with van der Waals surface area (Å²) in [6, 6.07) is 12.1. The molecule has 0 unspecified atom stereocenters. The second kappa shape index (κ2) is 7.88. The van der Waals surface area contributed by atoms with E-state index in [1.807, 2.05) is 25.1 Å². The van der Waals surface area contributed by atoms with Gasteiger partial charge in [0.1, 0.15) is 11.5 Å². The molecule has 1 aliphatic heterocycles. The Bertz CT molecular complexity index is 904. The zero-order chi connectivity index (χ0) is 18.6. The maximum absolute atomic E-state index is 12.2. The molecule has 0 saturated carbocycles. The first kappa shape index (κ1) is 18.4. The van der Waals surface area contributed by atoms with Crippen LogP contribution in [-0.4, -0.2) is 41.0 Å². The Hall–Kier alpha value is -2.38. The summed E-state index contributed by atoms with van der Waals surface area (Å²) < 4.78 is 40.3. The molecule has 2 aromatic carbocycles. The highest BCUT2D eigenvalue weighted by molar-refractivity contribution is 7.86. The molecule has 0 radical (unpaired) electrons. The zero-order valence-electron chi connectivity index (χ0n) is 14.8. The van der Waals surface area contributed by atoms with Gasteiger partial charge in [0.25, 0.3) is 10.1 Å². The predicted octanol–water partition coefficient (Wildman–Crippen LogP) is 2.98.